The van der Waals surface area contributed by atoms with Gasteiger partial charge in [-0.05, 0) is 57.3 Å². The van der Waals surface area contributed by atoms with Gasteiger partial charge in [-0.1, -0.05) is 18.0 Å². The molecule has 1 unspecified atom stereocenters. The number of hydrogen-bond donors (Lipinski definition) is 1. The van der Waals surface area contributed by atoms with Gasteiger partial charge in [-0.3, -0.25) is 4.98 Å². The molecule has 0 bridgehead atoms. The largest absolute Gasteiger partial charge is 0.337 e. The second kappa shape index (κ2) is 6.32. The van der Waals surface area contributed by atoms with E-state index in [4.69, 9.17) is 4.52 Å². The molecule has 1 fully saturated rings. The van der Waals surface area contributed by atoms with Crippen LogP contribution in [0.15, 0.2) is 25.7 Å². The number of hydrogen-bond acceptors (Lipinski definition) is 5. The molecule has 1 N–H and O–H groups in total. The van der Waals surface area contributed by atoms with Crippen LogP contribution in [0.25, 0.3) is 11.5 Å². The van der Waals surface area contributed by atoms with E-state index < -0.39 is 0 Å². The average molecular weight is 402 g/mol. The topological polar surface area (TPSA) is 63.8 Å². The third-order valence-corrected chi connectivity index (χ3v) is 4.36. The second-order valence-electron chi connectivity index (χ2n) is 4.80. The van der Waals surface area contributed by atoms with E-state index in [9.17, 15) is 0 Å². The number of pyridine rings is 1. The van der Waals surface area contributed by atoms with Crippen molar-refractivity contribution < 1.29 is 4.52 Å². The lowest BCUT2D eigenvalue weighted by atomic mass is 10.1. The molecular weight excluding hydrogens is 388 g/mol. The molecule has 0 amide bonds. The van der Waals surface area contributed by atoms with Crippen molar-refractivity contribution in [1.82, 2.24) is 20.4 Å². The Bertz CT molecular complexity index is 594. The normalized spacial score (nSPS) is 19.8. The lowest BCUT2D eigenvalue weighted by Crippen LogP contribution is -2.20. The van der Waals surface area contributed by atoms with E-state index in [1.165, 1.54) is 19.3 Å². The summed E-state index contributed by atoms with van der Waals surface area (Å²) >= 11 is 6.85. The van der Waals surface area contributed by atoms with Crippen molar-refractivity contribution in [3.63, 3.8) is 0 Å². The Morgan fingerprint density at radius 3 is 3.00 bits per heavy atom. The standard InChI is InChI=1S/C13H14Br2N4O/c14-8-6-9(15)11(17-7-8)12-18-13(20-19-12)10-4-2-1-3-5-16-10/h6-7,10,16H,1-5H2. The Hall–Kier alpha value is -0.790. The summed E-state index contributed by atoms with van der Waals surface area (Å²) in [5, 5.41) is 7.50. The van der Waals surface area contributed by atoms with Crippen molar-refractivity contribution in [1.29, 1.82) is 0 Å². The van der Waals surface area contributed by atoms with Crippen LogP contribution in [-0.4, -0.2) is 21.7 Å². The molecule has 2 aromatic rings. The van der Waals surface area contributed by atoms with E-state index in [2.05, 4.69) is 52.3 Å². The van der Waals surface area contributed by atoms with Crippen molar-refractivity contribution in [2.45, 2.75) is 31.7 Å². The van der Waals surface area contributed by atoms with Crippen LogP contribution in [0.4, 0.5) is 0 Å². The molecular formula is C13H14Br2N4O. The van der Waals surface area contributed by atoms with Crippen LogP contribution in [0.2, 0.25) is 0 Å². The van der Waals surface area contributed by atoms with Gasteiger partial charge in [0, 0.05) is 15.1 Å². The minimum Gasteiger partial charge on any atom is -0.337 e. The van der Waals surface area contributed by atoms with Gasteiger partial charge >= 0.3 is 0 Å². The third-order valence-electron chi connectivity index (χ3n) is 3.32. The van der Waals surface area contributed by atoms with Crippen LogP contribution >= 0.6 is 31.9 Å². The molecule has 0 aliphatic carbocycles. The van der Waals surface area contributed by atoms with Gasteiger partial charge in [0.05, 0.1) is 6.04 Å². The quantitative estimate of drug-likeness (QED) is 0.827. The SMILES string of the molecule is Brc1cnc(-c2noc(C3CCCCCN3)n2)c(Br)c1. The Morgan fingerprint density at radius 1 is 1.25 bits per heavy atom. The first kappa shape index (κ1) is 14.2. The molecule has 0 saturated carbocycles. The van der Waals surface area contributed by atoms with Gasteiger partial charge in [-0.15, -0.1) is 0 Å². The highest BCUT2D eigenvalue weighted by atomic mass is 79.9. The number of aromatic nitrogens is 3. The number of halogens is 2. The van der Waals surface area contributed by atoms with E-state index in [-0.39, 0.29) is 6.04 Å². The van der Waals surface area contributed by atoms with Crippen LogP contribution in [0, 0.1) is 0 Å². The maximum atomic E-state index is 5.40. The molecule has 5 nitrogen and oxygen atoms in total. The zero-order valence-corrected chi connectivity index (χ0v) is 13.9. The number of nitrogens with zero attached hydrogens (tertiary/aromatic N) is 3. The highest BCUT2D eigenvalue weighted by Crippen LogP contribution is 2.28. The summed E-state index contributed by atoms with van der Waals surface area (Å²) in [6.07, 6.45) is 6.41. The van der Waals surface area contributed by atoms with Crippen LogP contribution < -0.4 is 5.32 Å². The van der Waals surface area contributed by atoms with Crippen molar-refractivity contribution in [2.24, 2.45) is 0 Å². The fourth-order valence-corrected chi connectivity index (χ4v) is 3.46. The maximum absolute atomic E-state index is 5.40. The zero-order chi connectivity index (χ0) is 13.9. The summed E-state index contributed by atoms with van der Waals surface area (Å²) in [7, 11) is 0. The molecule has 0 spiro atoms. The fraction of sp³-hybridized carbons (Fsp3) is 0.462. The van der Waals surface area contributed by atoms with Gasteiger partial charge in [0.1, 0.15) is 5.69 Å². The smallest absolute Gasteiger partial charge is 0.244 e. The van der Waals surface area contributed by atoms with Gasteiger partial charge in [0.25, 0.3) is 0 Å². The molecule has 3 rings (SSSR count). The molecule has 3 heterocycles. The van der Waals surface area contributed by atoms with E-state index >= 15 is 0 Å². The van der Waals surface area contributed by atoms with Crippen LogP contribution in [0.1, 0.15) is 37.6 Å². The van der Waals surface area contributed by atoms with Gasteiger partial charge in [-0.25, -0.2) is 0 Å². The minimum absolute atomic E-state index is 0.160. The predicted molar refractivity (Wildman–Crippen MR) is 82.1 cm³/mol. The predicted octanol–water partition coefficient (Wildman–Crippen LogP) is 3.86. The van der Waals surface area contributed by atoms with E-state index in [0.29, 0.717) is 17.4 Å². The number of rotatable bonds is 2. The Kier molecular flexibility index (Phi) is 4.48. The summed E-state index contributed by atoms with van der Waals surface area (Å²) in [6, 6.07) is 2.08. The lowest BCUT2D eigenvalue weighted by Gasteiger charge is -2.09. The van der Waals surface area contributed by atoms with Crippen LogP contribution in [0.5, 0.6) is 0 Å². The molecule has 1 saturated heterocycles. The summed E-state index contributed by atoms with van der Waals surface area (Å²) in [6.45, 7) is 1.00. The van der Waals surface area contributed by atoms with E-state index in [0.717, 1.165) is 21.9 Å². The highest BCUT2D eigenvalue weighted by molar-refractivity contribution is 9.11. The molecule has 1 atom stereocenters. The highest BCUT2D eigenvalue weighted by Gasteiger charge is 2.21. The van der Waals surface area contributed by atoms with Gasteiger partial charge in [-0.2, -0.15) is 4.98 Å². The number of nitrogens with one attached hydrogen (secondary N) is 1. The zero-order valence-electron chi connectivity index (χ0n) is 10.8. The first-order valence-corrected chi connectivity index (χ1v) is 8.21. The molecule has 20 heavy (non-hydrogen) atoms. The van der Waals surface area contributed by atoms with Gasteiger partial charge < -0.3 is 9.84 Å². The monoisotopic (exact) mass is 400 g/mol. The molecule has 2 aromatic heterocycles. The minimum atomic E-state index is 0.160. The first-order chi connectivity index (χ1) is 9.74. The molecule has 106 valence electrons. The Balaban J connectivity index is 1.85. The molecule has 0 aromatic carbocycles. The molecule has 7 heteroatoms. The third kappa shape index (κ3) is 3.10. The lowest BCUT2D eigenvalue weighted by molar-refractivity contribution is 0.327. The van der Waals surface area contributed by atoms with Gasteiger partial charge in [0.2, 0.25) is 11.7 Å². The first-order valence-electron chi connectivity index (χ1n) is 6.62. The van der Waals surface area contributed by atoms with E-state index in [1.54, 1.807) is 6.20 Å². The summed E-state index contributed by atoms with van der Waals surface area (Å²) in [5.41, 5.74) is 0.692. The van der Waals surface area contributed by atoms with Crippen molar-refractivity contribution in [3.05, 3.63) is 27.1 Å². The summed E-state index contributed by atoms with van der Waals surface area (Å²) in [4.78, 5) is 8.81. The van der Waals surface area contributed by atoms with Gasteiger partial charge in [0.15, 0.2) is 0 Å². The van der Waals surface area contributed by atoms with Crippen LogP contribution in [-0.2, 0) is 0 Å². The Labute approximate surface area is 133 Å². The van der Waals surface area contributed by atoms with Crippen molar-refractivity contribution in [3.8, 4) is 11.5 Å². The second-order valence-corrected chi connectivity index (χ2v) is 6.57. The molecule has 0 radical (unpaired) electrons. The molecule has 1 aliphatic heterocycles. The van der Waals surface area contributed by atoms with Crippen molar-refractivity contribution >= 4 is 31.9 Å². The maximum Gasteiger partial charge on any atom is 0.244 e. The Morgan fingerprint density at radius 2 is 2.15 bits per heavy atom. The molecule has 1 aliphatic rings. The van der Waals surface area contributed by atoms with Crippen molar-refractivity contribution in [2.75, 3.05) is 6.54 Å². The van der Waals surface area contributed by atoms with E-state index in [1.807, 2.05) is 6.07 Å². The fourth-order valence-electron chi connectivity index (χ4n) is 2.29. The van der Waals surface area contributed by atoms with Crippen LogP contribution in [0.3, 0.4) is 0 Å². The average Bonchev–Trinajstić information content (AvgIpc) is 2.74. The summed E-state index contributed by atoms with van der Waals surface area (Å²) in [5.74, 6) is 1.17. The summed E-state index contributed by atoms with van der Waals surface area (Å²) < 4.78 is 7.15.